The Morgan fingerprint density at radius 3 is 2.71 bits per heavy atom. The van der Waals surface area contributed by atoms with Crippen LogP contribution in [0, 0.1) is 15.9 Å². The van der Waals surface area contributed by atoms with Gasteiger partial charge in [0.15, 0.2) is 5.82 Å². The van der Waals surface area contributed by atoms with Crippen LogP contribution in [0.3, 0.4) is 0 Å². The summed E-state index contributed by atoms with van der Waals surface area (Å²) in [7, 11) is 0. The van der Waals surface area contributed by atoms with Crippen molar-refractivity contribution < 1.29 is 13.8 Å². The van der Waals surface area contributed by atoms with Gasteiger partial charge in [0.2, 0.25) is 5.89 Å². The Labute approximate surface area is 120 Å². The molecule has 0 radical (unpaired) electrons. The van der Waals surface area contributed by atoms with E-state index >= 15 is 0 Å². The zero-order chi connectivity index (χ0) is 15.6. The number of nitro benzene ring substituents is 1. The molecule has 0 bridgehead atoms. The molecule has 0 amide bonds. The van der Waals surface area contributed by atoms with Gasteiger partial charge in [0.05, 0.1) is 17.5 Å². The van der Waals surface area contributed by atoms with Crippen molar-refractivity contribution in [1.82, 2.24) is 10.1 Å². The van der Waals surface area contributed by atoms with Gasteiger partial charge in [-0.25, -0.2) is 4.39 Å². The molecule has 1 heterocycles. The monoisotopic (exact) mass is 294 g/mol. The van der Waals surface area contributed by atoms with Gasteiger partial charge in [-0.15, -0.1) is 0 Å². The average molecular weight is 294 g/mol. The predicted molar refractivity (Wildman–Crippen MR) is 73.4 cm³/mol. The lowest BCUT2D eigenvalue weighted by Gasteiger charge is -2.10. The summed E-state index contributed by atoms with van der Waals surface area (Å²) in [5.74, 6) is 0.188. The van der Waals surface area contributed by atoms with Gasteiger partial charge in [-0.05, 0) is 12.1 Å². The molecule has 21 heavy (non-hydrogen) atoms. The van der Waals surface area contributed by atoms with Crippen LogP contribution in [0.1, 0.15) is 32.5 Å². The molecule has 0 unspecified atom stereocenters. The van der Waals surface area contributed by atoms with Crippen molar-refractivity contribution in [1.29, 1.82) is 0 Å². The molecule has 0 aliphatic carbocycles. The molecule has 7 nitrogen and oxygen atoms in total. The van der Waals surface area contributed by atoms with Crippen molar-refractivity contribution in [3.8, 4) is 0 Å². The second-order valence-corrected chi connectivity index (χ2v) is 5.54. The Morgan fingerprint density at radius 2 is 2.14 bits per heavy atom. The minimum Gasteiger partial charge on any atom is -0.372 e. The maximum atomic E-state index is 13.0. The molecule has 2 rings (SSSR count). The van der Waals surface area contributed by atoms with E-state index in [9.17, 15) is 14.5 Å². The van der Waals surface area contributed by atoms with Crippen LogP contribution >= 0.6 is 0 Å². The van der Waals surface area contributed by atoms with Gasteiger partial charge in [0.1, 0.15) is 11.5 Å². The average Bonchev–Trinajstić information content (AvgIpc) is 2.85. The third-order valence-corrected chi connectivity index (χ3v) is 2.70. The second-order valence-electron chi connectivity index (χ2n) is 5.54. The SMILES string of the molecule is CC(C)(C)c1nc(CNc2ccc(F)cc2[N+](=O)[O-])no1. The highest BCUT2D eigenvalue weighted by atomic mass is 19.1. The topological polar surface area (TPSA) is 94.1 Å². The number of nitrogens with zero attached hydrogens (tertiary/aromatic N) is 3. The Kier molecular flexibility index (Phi) is 3.88. The number of benzene rings is 1. The summed E-state index contributed by atoms with van der Waals surface area (Å²) in [5.41, 5.74) is -0.411. The first-order valence-electron chi connectivity index (χ1n) is 6.28. The van der Waals surface area contributed by atoms with Crippen LogP contribution < -0.4 is 5.32 Å². The molecule has 0 aliphatic rings. The van der Waals surface area contributed by atoms with E-state index in [1.807, 2.05) is 20.8 Å². The molecule has 1 aromatic carbocycles. The summed E-state index contributed by atoms with van der Waals surface area (Å²) >= 11 is 0. The van der Waals surface area contributed by atoms with E-state index in [2.05, 4.69) is 15.5 Å². The molecular weight excluding hydrogens is 279 g/mol. The smallest absolute Gasteiger partial charge is 0.295 e. The summed E-state index contributed by atoms with van der Waals surface area (Å²) in [6.45, 7) is 5.94. The highest BCUT2D eigenvalue weighted by molar-refractivity contribution is 5.61. The number of nitrogens with one attached hydrogen (secondary N) is 1. The quantitative estimate of drug-likeness (QED) is 0.688. The van der Waals surface area contributed by atoms with Gasteiger partial charge in [0.25, 0.3) is 5.69 Å². The van der Waals surface area contributed by atoms with Gasteiger partial charge in [-0.3, -0.25) is 10.1 Å². The molecule has 1 N–H and O–H groups in total. The highest BCUT2D eigenvalue weighted by Crippen LogP contribution is 2.25. The molecule has 2 aromatic rings. The minimum absolute atomic E-state index is 0.145. The fraction of sp³-hybridized carbons (Fsp3) is 0.385. The fourth-order valence-corrected chi connectivity index (χ4v) is 1.61. The number of anilines is 1. The first kappa shape index (κ1) is 14.9. The molecule has 0 atom stereocenters. The van der Waals surface area contributed by atoms with Crippen molar-refractivity contribution in [2.75, 3.05) is 5.32 Å². The maximum Gasteiger partial charge on any atom is 0.295 e. The van der Waals surface area contributed by atoms with E-state index in [0.717, 1.165) is 12.1 Å². The number of hydrogen-bond acceptors (Lipinski definition) is 6. The van der Waals surface area contributed by atoms with E-state index in [1.54, 1.807) is 0 Å². The van der Waals surface area contributed by atoms with E-state index < -0.39 is 10.7 Å². The highest BCUT2D eigenvalue weighted by Gasteiger charge is 2.22. The van der Waals surface area contributed by atoms with Gasteiger partial charge in [-0.2, -0.15) is 4.98 Å². The van der Waals surface area contributed by atoms with Crippen LogP contribution in [0.4, 0.5) is 15.8 Å². The van der Waals surface area contributed by atoms with E-state index in [4.69, 9.17) is 4.52 Å². The van der Waals surface area contributed by atoms with E-state index in [0.29, 0.717) is 11.7 Å². The van der Waals surface area contributed by atoms with Gasteiger partial charge < -0.3 is 9.84 Å². The van der Waals surface area contributed by atoms with Crippen molar-refractivity contribution >= 4 is 11.4 Å². The largest absolute Gasteiger partial charge is 0.372 e. The van der Waals surface area contributed by atoms with Gasteiger partial charge in [-0.1, -0.05) is 25.9 Å². The normalized spacial score (nSPS) is 11.4. The predicted octanol–water partition coefficient (Wildman–Crippen LogP) is 3.03. The summed E-state index contributed by atoms with van der Waals surface area (Å²) in [5, 5.41) is 17.5. The number of hydrogen-bond donors (Lipinski definition) is 1. The van der Waals surface area contributed by atoms with Crippen LogP contribution in [-0.2, 0) is 12.0 Å². The van der Waals surface area contributed by atoms with Crippen LogP contribution in [0.2, 0.25) is 0 Å². The number of rotatable bonds is 4. The molecule has 0 saturated carbocycles. The fourth-order valence-electron chi connectivity index (χ4n) is 1.61. The molecule has 0 spiro atoms. The lowest BCUT2D eigenvalue weighted by molar-refractivity contribution is -0.384. The van der Waals surface area contributed by atoms with Crippen molar-refractivity contribution in [3.05, 3.63) is 45.8 Å². The number of aromatic nitrogens is 2. The summed E-state index contributed by atoms with van der Waals surface area (Å²) < 4.78 is 18.2. The van der Waals surface area contributed by atoms with Crippen LogP contribution in [0.5, 0.6) is 0 Å². The second kappa shape index (κ2) is 5.47. The van der Waals surface area contributed by atoms with E-state index in [-0.39, 0.29) is 23.3 Å². The van der Waals surface area contributed by atoms with Crippen LogP contribution in [-0.4, -0.2) is 15.1 Å². The molecule has 0 fully saturated rings. The van der Waals surface area contributed by atoms with Gasteiger partial charge >= 0.3 is 0 Å². The van der Waals surface area contributed by atoms with Crippen molar-refractivity contribution in [2.24, 2.45) is 0 Å². The summed E-state index contributed by atoms with van der Waals surface area (Å²) in [4.78, 5) is 14.4. The molecule has 0 aliphatic heterocycles. The first-order chi connectivity index (χ1) is 9.77. The lowest BCUT2D eigenvalue weighted by Crippen LogP contribution is -2.12. The van der Waals surface area contributed by atoms with Crippen molar-refractivity contribution in [3.63, 3.8) is 0 Å². The Morgan fingerprint density at radius 1 is 1.43 bits per heavy atom. The number of halogens is 1. The zero-order valence-corrected chi connectivity index (χ0v) is 11.9. The third kappa shape index (κ3) is 3.53. The van der Waals surface area contributed by atoms with Crippen LogP contribution in [0.25, 0.3) is 0 Å². The molecule has 112 valence electrons. The molecule has 1 aromatic heterocycles. The Balaban J connectivity index is 2.13. The molecule has 0 saturated heterocycles. The third-order valence-electron chi connectivity index (χ3n) is 2.70. The van der Waals surface area contributed by atoms with E-state index in [1.165, 1.54) is 6.07 Å². The van der Waals surface area contributed by atoms with Crippen LogP contribution in [0.15, 0.2) is 22.7 Å². The summed E-state index contributed by atoms with van der Waals surface area (Å²) in [6, 6.07) is 3.31. The number of nitro groups is 1. The maximum absolute atomic E-state index is 13.0. The molecular formula is C13H15FN4O3. The first-order valence-corrected chi connectivity index (χ1v) is 6.28. The Bertz CT molecular complexity index is 664. The van der Waals surface area contributed by atoms with Crippen molar-refractivity contribution in [2.45, 2.75) is 32.7 Å². The van der Waals surface area contributed by atoms with Gasteiger partial charge in [0, 0.05) is 5.41 Å². The summed E-state index contributed by atoms with van der Waals surface area (Å²) in [6.07, 6.45) is 0. The zero-order valence-electron chi connectivity index (χ0n) is 11.9. The standard InChI is InChI=1S/C13H15FN4O3/c1-13(2,3)12-16-11(17-21-12)7-15-9-5-4-8(14)6-10(9)18(19)20/h4-6,15H,7H2,1-3H3. The molecule has 8 heteroatoms. The Hall–Kier alpha value is -2.51. The lowest BCUT2D eigenvalue weighted by atomic mass is 9.97. The minimum atomic E-state index is -0.665.